The molecule has 0 fully saturated rings. The molecular weight excluding hydrogens is 376 g/mol. The van der Waals surface area contributed by atoms with Gasteiger partial charge in [-0.2, -0.15) is 0 Å². The van der Waals surface area contributed by atoms with Crippen molar-refractivity contribution < 1.29 is 27.5 Å². The highest BCUT2D eigenvalue weighted by molar-refractivity contribution is 7.90. The van der Waals surface area contributed by atoms with Crippen LogP contribution in [0.1, 0.15) is 31.8 Å². The van der Waals surface area contributed by atoms with E-state index in [0.29, 0.717) is 0 Å². The van der Waals surface area contributed by atoms with Gasteiger partial charge in [-0.25, -0.2) is 13.2 Å². The molecule has 0 saturated carbocycles. The lowest BCUT2D eigenvalue weighted by molar-refractivity contribution is 0.0383. The van der Waals surface area contributed by atoms with E-state index in [1.807, 2.05) is 0 Å². The lowest BCUT2D eigenvalue weighted by Gasteiger charge is -2.14. The zero-order valence-corrected chi connectivity index (χ0v) is 16.2. The average Bonchev–Trinajstić information content (AvgIpc) is 2.92. The minimum atomic E-state index is -3.76. The Hall–Kier alpha value is -2.72. The summed E-state index contributed by atoms with van der Waals surface area (Å²) in [5.41, 5.74) is -0.722. The van der Waals surface area contributed by atoms with Crippen molar-refractivity contribution in [2.24, 2.45) is 7.05 Å². The maximum Gasteiger partial charge on any atom is 0.339 e. The molecule has 27 heavy (non-hydrogen) atoms. The van der Waals surface area contributed by atoms with Crippen LogP contribution in [0.15, 0.2) is 28.0 Å². The van der Waals surface area contributed by atoms with Crippen LogP contribution in [0.5, 0.6) is 0 Å². The molecule has 0 radical (unpaired) electrons. The Balaban J connectivity index is 2.61. The molecule has 2 rings (SSSR count). The second-order valence-corrected chi connectivity index (χ2v) is 7.88. The number of benzene rings is 1. The minimum Gasteiger partial charge on any atom is -0.460 e. The highest BCUT2D eigenvalue weighted by Crippen LogP contribution is 2.25. The summed E-state index contributed by atoms with van der Waals surface area (Å²) in [4.78, 5) is 37.0. The summed E-state index contributed by atoms with van der Waals surface area (Å²) in [5, 5.41) is 2.60. The van der Waals surface area contributed by atoms with Crippen molar-refractivity contribution in [3.8, 4) is 0 Å². The number of rotatable bonds is 7. The number of nitrogens with zero attached hydrogens (tertiary/aromatic N) is 1. The molecule has 0 aliphatic heterocycles. The third kappa shape index (κ3) is 4.17. The molecule has 10 heteroatoms. The van der Waals surface area contributed by atoms with Crippen LogP contribution in [0.25, 0.3) is 0 Å². The van der Waals surface area contributed by atoms with Crippen molar-refractivity contribution in [1.82, 2.24) is 9.78 Å². The van der Waals surface area contributed by atoms with E-state index in [-0.39, 0.29) is 40.4 Å². The van der Waals surface area contributed by atoms with Crippen molar-refractivity contribution in [2.75, 3.05) is 26.6 Å². The molecular formula is C17H20N2O7S. The highest BCUT2D eigenvalue weighted by Gasteiger charge is 2.27. The van der Waals surface area contributed by atoms with E-state index in [1.54, 1.807) is 0 Å². The third-order valence-electron chi connectivity index (χ3n) is 3.98. The zero-order valence-electron chi connectivity index (χ0n) is 15.4. The maximum atomic E-state index is 12.7. The van der Waals surface area contributed by atoms with E-state index in [4.69, 9.17) is 9.47 Å². The minimum absolute atomic E-state index is 0.0396. The number of hydrogen-bond donors (Lipinski definition) is 1. The first-order valence-corrected chi connectivity index (χ1v) is 9.77. The molecule has 0 aliphatic carbocycles. The summed E-state index contributed by atoms with van der Waals surface area (Å²) in [7, 11) is -0.874. The first-order chi connectivity index (χ1) is 12.6. The first-order valence-electron chi connectivity index (χ1n) is 7.88. The molecule has 0 spiro atoms. The van der Waals surface area contributed by atoms with Gasteiger partial charge in [0.05, 0.1) is 17.1 Å². The SMILES string of the molecule is COCCOC(=O)c1c(S(C)(=O)=O)ccc(C(=O)c2c[nH]n(C)c2=O)c1C. The normalized spacial score (nSPS) is 11.4. The Kier molecular flexibility index (Phi) is 6.01. The topological polar surface area (TPSA) is 125 Å². The fourth-order valence-corrected chi connectivity index (χ4v) is 3.48. The summed E-state index contributed by atoms with van der Waals surface area (Å²) >= 11 is 0. The zero-order chi connectivity index (χ0) is 20.4. The van der Waals surface area contributed by atoms with Gasteiger partial charge in [0.1, 0.15) is 12.2 Å². The van der Waals surface area contributed by atoms with Gasteiger partial charge in [-0.05, 0) is 24.6 Å². The Labute approximate surface area is 155 Å². The van der Waals surface area contributed by atoms with Crippen LogP contribution in [-0.4, -0.2) is 56.5 Å². The van der Waals surface area contributed by atoms with Gasteiger partial charge in [-0.15, -0.1) is 0 Å². The van der Waals surface area contributed by atoms with Crippen molar-refractivity contribution >= 4 is 21.6 Å². The van der Waals surface area contributed by atoms with Crippen LogP contribution in [-0.2, 0) is 26.4 Å². The number of methoxy groups -OCH3 is 1. The van der Waals surface area contributed by atoms with Gasteiger partial charge in [0.25, 0.3) is 5.56 Å². The third-order valence-corrected chi connectivity index (χ3v) is 5.12. The number of aromatic nitrogens is 2. The van der Waals surface area contributed by atoms with Crippen molar-refractivity contribution in [1.29, 1.82) is 0 Å². The number of carbonyl (C=O) groups is 2. The van der Waals surface area contributed by atoms with Crippen LogP contribution in [0.3, 0.4) is 0 Å². The molecule has 1 heterocycles. The van der Waals surface area contributed by atoms with Gasteiger partial charge in [-0.1, -0.05) is 0 Å². The maximum absolute atomic E-state index is 12.7. The lowest BCUT2D eigenvalue weighted by Crippen LogP contribution is -2.21. The summed E-state index contributed by atoms with van der Waals surface area (Å²) < 4.78 is 35.1. The van der Waals surface area contributed by atoms with Crippen LogP contribution < -0.4 is 5.56 Å². The van der Waals surface area contributed by atoms with E-state index in [0.717, 1.165) is 10.9 Å². The second-order valence-electron chi connectivity index (χ2n) is 5.89. The molecule has 0 atom stereocenters. The quantitative estimate of drug-likeness (QED) is 0.409. The van der Waals surface area contributed by atoms with Crippen LogP contribution in [0.2, 0.25) is 0 Å². The summed E-state index contributed by atoms with van der Waals surface area (Å²) in [6.07, 6.45) is 2.21. The Bertz CT molecular complexity index is 1050. The molecule has 0 saturated heterocycles. The van der Waals surface area contributed by atoms with Crippen molar-refractivity contribution in [2.45, 2.75) is 11.8 Å². The summed E-state index contributed by atoms with van der Waals surface area (Å²) in [5.74, 6) is -1.51. The lowest BCUT2D eigenvalue weighted by atomic mass is 9.96. The summed E-state index contributed by atoms with van der Waals surface area (Å²) in [6.45, 7) is 1.50. The molecule has 1 aromatic heterocycles. The van der Waals surface area contributed by atoms with Crippen molar-refractivity contribution in [3.63, 3.8) is 0 Å². The smallest absolute Gasteiger partial charge is 0.339 e. The monoisotopic (exact) mass is 396 g/mol. The highest BCUT2D eigenvalue weighted by atomic mass is 32.2. The predicted molar refractivity (Wildman–Crippen MR) is 95.9 cm³/mol. The number of ether oxygens (including phenoxy) is 2. The van der Waals surface area contributed by atoms with Crippen LogP contribution >= 0.6 is 0 Å². The molecule has 0 unspecified atom stereocenters. The summed E-state index contributed by atoms with van der Waals surface area (Å²) in [6, 6.07) is 2.45. The van der Waals surface area contributed by atoms with Gasteiger partial charge in [0.15, 0.2) is 15.6 Å². The van der Waals surface area contributed by atoms with Gasteiger partial charge < -0.3 is 14.6 Å². The number of aromatic amines is 1. The van der Waals surface area contributed by atoms with E-state index >= 15 is 0 Å². The van der Waals surface area contributed by atoms with Gasteiger partial charge >= 0.3 is 5.97 Å². The number of sulfone groups is 1. The fraction of sp³-hybridized carbons (Fsp3) is 0.353. The Morgan fingerprint density at radius 3 is 2.37 bits per heavy atom. The van der Waals surface area contributed by atoms with Gasteiger partial charge in [-0.3, -0.25) is 14.3 Å². The molecule has 2 aromatic rings. The number of nitrogens with one attached hydrogen (secondary N) is 1. The molecule has 0 aliphatic rings. The Morgan fingerprint density at radius 2 is 1.85 bits per heavy atom. The molecule has 1 N–H and O–H groups in total. The first kappa shape index (κ1) is 20.6. The molecule has 9 nitrogen and oxygen atoms in total. The van der Waals surface area contributed by atoms with E-state index in [1.165, 1.54) is 39.4 Å². The number of ketones is 1. The number of esters is 1. The number of hydrogen-bond acceptors (Lipinski definition) is 7. The Morgan fingerprint density at radius 1 is 1.19 bits per heavy atom. The standard InChI is InChI=1S/C17H20N2O7S/c1-10-11(15(20)12-9-18-19(2)16(12)21)5-6-13(27(4,23)24)14(10)17(22)26-8-7-25-3/h5-6,9,18H,7-8H2,1-4H3. The number of H-pyrrole nitrogens is 1. The fourth-order valence-electron chi connectivity index (χ4n) is 2.56. The number of carbonyl (C=O) groups excluding carboxylic acids is 2. The molecule has 0 amide bonds. The van der Waals surface area contributed by atoms with Gasteiger partial charge in [0, 0.05) is 32.2 Å². The molecule has 0 bridgehead atoms. The average molecular weight is 396 g/mol. The second kappa shape index (κ2) is 7.89. The predicted octanol–water partition coefficient (Wildman–Crippen LogP) is 0.460. The van der Waals surface area contributed by atoms with E-state index in [9.17, 15) is 22.8 Å². The molecule has 146 valence electrons. The van der Waals surface area contributed by atoms with E-state index < -0.39 is 27.1 Å². The largest absolute Gasteiger partial charge is 0.460 e. The van der Waals surface area contributed by atoms with Crippen LogP contribution in [0.4, 0.5) is 0 Å². The van der Waals surface area contributed by atoms with Crippen molar-refractivity contribution in [3.05, 3.63) is 50.9 Å². The molecule has 1 aromatic carbocycles. The van der Waals surface area contributed by atoms with Gasteiger partial charge in [0.2, 0.25) is 0 Å². The van der Waals surface area contributed by atoms with E-state index in [2.05, 4.69) is 5.10 Å². The number of aryl methyl sites for hydroxylation is 1. The van der Waals surface area contributed by atoms with Crippen LogP contribution in [0, 0.1) is 6.92 Å².